The zero-order chi connectivity index (χ0) is 12.3. The lowest BCUT2D eigenvalue weighted by Crippen LogP contribution is -2.40. The SMILES string of the molecule is CC(C)(C)C(N)COc1c(F)cccc1F. The summed E-state index contributed by atoms with van der Waals surface area (Å²) in [5.41, 5.74) is 5.66. The van der Waals surface area contributed by atoms with Gasteiger partial charge in [0.05, 0.1) is 0 Å². The Bertz CT molecular complexity index is 340. The molecule has 2 N–H and O–H groups in total. The first kappa shape index (κ1) is 12.9. The summed E-state index contributed by atoms with van der Waals surface area (Å²) >= 11 is 0. The van der Waals surface area contributed by atoms with Crippen LogP contribution >= 0.6 is 0 Å². The lowest BCUT2D eigenvalue weighted by atomic mass is 9.88. The number of para-hydroxylation sites is 1. The quantitative estimate of drug-likeness (QED) is 0.864. The second-order valence-corrected chi connectivity index (χ2v) is 4.83. The standard InChI is InChI=1S/C12H17F2NO/c1-12(2,3)10(15)7-16-11-8(13)5-4-6-9(11)14/h4-6,10H,7,15H2,1-3H3. The third-order valence-electron chi connectivity index (χ3n) is 2.44. The second-order valence-electron chi connectivity index (χ2n) is 4.83. The Hall–Kier alpha value is -1.16. The van der Waals surface area contributed by atoms with Gasteiger partial charge in [-0.15, -0.1) is 0 Å². The highest BCUT2D eigenvalue weighted by molar-refractivity contribution is 5.26. The summed E-state index contributed by atoms with van der Waals surface area (Å²) in [6.45, 7) is 5.91. The fraction of sp³-hybridized carbons (Fsp3) is 0.500. The maximum absolute atomic E-state index is 13.2. The number of benzene rings is 1. The van der Waals surface area contributed by atoms with Gasteiger partial charge >= 0.3 is 0 Å². The van der Waals surface area contributed by atoms with E-state index < -0.39 is 11.6 Å². The van der Waals surface area contributed by atoms with Crippen molar-refractivity contribution in [3.63, 3.8) is 0 Å². The molecule has 0 aliphatic heterocycles. The van der Waals surface area contributed by atoms with E-state index in [4.69, 9.17) is 10.5 Å². The van der Waals surface area contributed by atoms with Gasteiger partial charge in [0.25, 0.3) is 0 Å². The number of nitrogens with two attached hydrogens (primary N) is 1. The predicted molar refractivity (Wildman–Crippen MR) is 59.3 cm³/mol. The van der Waals surface area contributed by atoms with Crippen LogP contribution in [0.4, 0.5) is 8.78 Å². The molecule has 90 valence electrons. The lowest BCUT2D eigenvalue weighted by Gasteiger charge is -2.26. The molecule has 0 heterocycles. The number of ether oxygens (including phenoxy) is 1. The molecule has 16 heavy (non-hydrogen) atoms. The van der Waals surface area contributed by atoms with E-state index >= 15 is 0 Å². The molecular weight excluding hydrogens is 212 g/mol. The van der Waals surface area contributed by atoms with Gasteiger partial charge in [-0.25, -0.2) is 8.78 Å². The number of halogens is 2. The summed E-state index contributed by atoms with van der Waals surface area (Å²) in [4.78, 5) is 0. The Kier molecular flexibility index (Phi) is 3.86. The van der Waals surface area contributed by atoms with E-state index in [2.05, 4.69) is 0 Å². The number of rotatable bonds is 3. The fourth-order valence-electron chi connectivity index (χ4n) is 1.04. The maximum Gasteiger partial charge on any atom is 0.190 e. The van der Waals surface area contributed by atoms with E-state index in [0.29, 0.717) is 0 Å². The Morgan fingerprint density at radius 1 is 1.25 bits per heavy atom. The van der Waals surface area contributed by atoms with Crippen LogP contribution in [0.5, 0.6) is 5.75 Å². The summed E-state index contributed by atoms with van der Waals surface area (Å²) in [7, 11) is 0. The molecule has 0 fully saturated rings. The summed E-state index contributed by atoms with van der Waals surface area (Å²) in [5, 5.41) is 0. The molecule has 0 bridgehead atoms. The van der Waals surface area contributed by atoms with Gasteiger partial charge in [0.15, 0.2) is 17.4 Å². The van der Waals surface area contributed by atoms with Crippen molar-refractivity contribution in [1.82, 2.24) is 0 Å². The summed E-state index contributed by atoms with van der Waals surface area (Å²) in [6.07, 6.45) is 0. The van der Waals surface area contributed by atoms with Crippen molar-refractivity contribution < 1.29 is 13.5 Å². The summed E-state index contributed by atoms with van der Waals surface area (Å²) in [6, 6.07) is 3.31. The van der Waals surface area contributed by atoms with Gasteiger partial charge in [-0.3, -0.25) is 0 Å². The molecule has 0 aliphatic rings. The lowest BCUT2D eigenvalue weighted by molar-refractivity contribution is 0.194. The van der Waals surface area contributed by atoms with Crippen LogP contribution in [0.1, 0.15) is 20.8 Å². The van der Waals surface area contributed by atoms with Crippen LogP contribution in [-0.2, 0) is 0 Å². The first-order valence-electron chi connectivity index (χ1n) is 5.15. The first-order valence-corrected chi connectivity index (χ1v) is 5.15. The highest BCUT2D eigenvalue weighted by Crippen LogP contribution is 2.23. The van der Waals surface area contributed by atoms with Gasteiger partial charge in [0.2, 0.25) is 0 Å². The van der Waals surface area contributed by atoms with E-state index in [1.165, 1.54) is 6.07 Å². The molecule has 1 atom stereocenters. The largest absolute Gasteiger partial charge is 0.486 e. The Labute approximate surface area is 94.4 Å². The topological polar surface area (TPSA) is 35.2 Å². The van der Waals surface area contributed by atoms with Crippen molar-refractivity contribution in [2.75, 3.05) is 6.61 Å². The third kappa shape index (κ3) is 3.17. The van der Waals surface area contributed by atoms with Crippen molar-refractivity contribution in [2.45, 2.75) is 26.8 Å². The van der Waals surface area contributed by atoms with Crippen molar-refractivity contribution in [3.05, 3.63) is 29.8 Å². The van der Waals surface area contributed by atoms with Crippen LogP contribution < -0.4 is 10.5 Å². The molecule has 1 unspecified atom stereocenters. The molecule has 0 aliphatic carbocycles. The van der Waals surface area contributed by atoms with Crippen LogP contribution in [0.25, 0.3) is 0 Å². The minimum atomic E-state index is -0.707. The smallest absolute Gasteiger partial charge is 0.190 e. The molecule has 1 rings (SSSR count). The Morgan fingerprint density at radius 2 is 1.75 bits per heavy atom. The van der Waals surface area contributed by atoms with Crippen LogP contribution in [0, 0.1) is 17.0 Å². The normalized spacial score (nSPS) is 13.6. The predicted octanol–water partition coefficient (Wildman–Crippen LogP) is 2.72. The van der Waals surface area contributed by atoms with Crippen LogP contribution in [-0.4, -0.2) is 12.6 Å². The average molecular weight is 229 g/mol. The zero-order valence-electron chi connectivity index (χ0n) is 9.76. The molecule has 0 aromatic heterocycles. The van der Waals surface area contributed by atoms with Crippen molar-refractivity contribution in [1.29, 1.82) is 0 Å². The molecular formula is C12H17F2NO. The molecule has 0 saturated heterocycles. The van der Waals surface area contributed by atoms with Crippen LogP contribution in [0.15, 0.2) is 18.2 Å². The minimum Gasteiger partial charge on any atom is -0.486 e. The van der Waals surface area contributed by atoms with Gasteiger partial charge in [0.1, 0.15) is 6.61 Å². The first-order chi connectivity index (χ1) is 7.32. The van der Waals surface area contributed by atoms with Gasteiger partial charge < -0.3 is 10.5 Å². The van der Waals surface area contributed by atoms with E-state index in [-0.39, 0.29) is 23.8 Å². The molecule has 0 radical (unpaired) electrons. The molecule has 1 aromatic rings. The monoisotopic (exact) mass is 229 g/mol. The van der Waals surface area contributed by atoms with E-state index in [9.17, 15) is 8.78 Å². The summed E-state index contributed by atoms with van der Waals surface area (Å²) < 4.78 is 31.5. The maximum atomic E-state index is 13.2. The Balaban J connectivity index is 2.69. The second kappa shape index (κ2) is 4.78. The van der Waals surface area contributed by atoms with Gasteiger partial charge in [-0.1, -0.05) is 26.8 Å². The van der Waals surface area contributed by atoms with E-state index in [1.54, 1.807) is 0 Å². The molecule has 0 saturated carbocycles. The van der Waals surface area contributed by atoms with Crippen molar-refractivity contribution in [2.24, 2.45) is 11.1 Å². The third-order valence-corrected chi connectivity index (χ3v) is 2.44. The van der Waals surface area contributed by atoms with E-state index in [1.807, 2.05) is 20.8 Å². The number of hydrogen-bond acceptors (Lipinski definition) is 2. The van der Waals surface area contributed by atoms with Crippen molar-refractivity contribution >= 4 is 0 Å². The van der Waals surface area contributed by atoms with E-state index in [0.717, 1.165) is 12.1 Å². The summed E-state index contributed by atoms with van der Waals surface area (Å²) in [5.74, 6) is -1.77. The van der Waals surface area contributed by atoms with Gasteiger partial charge in [0, 0.05) is 6.04 Å². The highest BCUT2D eigenvalue weighted by atomic mass is 19.1. The minimum absolute atomic E-state index is 0.0847. The van der Waals surface area contributed by atoms with Crippen LogP contribution in [0.3, 0.4) is 0 Å². The zero-order valence-corrected chi connectivity index (χ0v) is 9.76. The Morgan fingerprint density at radius 3 is 2.19 bits per heavy atom. The highest BCUT2D eigenvalue weighted by Gasteiger charge is 2.22. The van der Waals surface area contributed by atoms with Gasteiger partial charge in [-0.05, 0) is 17.5 Å². The molecule has 4 heteroatoms. The molecule has 0 spiro atoms. The molecule has 2 nitrogen and oxygen atoms in total. The van der Waals surface area contributed by atoms with Gasteiger partial charge in [-0.2, -0.15) is 0 Å². The van der Waals surface area contributed by atoms with Crippen molar-refractivity contribution in [3.8, 4) is 5.75 Å². The average Bonchev–Trinajstić information content (AvgIpc) is 2.15. The molecule has 0 amide bonds. The number of hydrogen-bond donors (Lipinski definition) is 1. The van der Waals surface area contributed by atoms with Crippen LogP contribution in [0.2, 0.25) is 0 Å². The molecule has 1 aromatic carbocycles. The fourth-order valence-corrected chi connectivity index (χ4v) is 1.04.